The summed E-state index contributed by atoms with van der Waals surface area (Å²) in [6.07, 6.45) is 8.53. The standard InChI is InChI=1S/C16H25BrN2O/c1-12(2)19-11-14(17)9-15(19)16(20)18(3)10-13-7-5-4-6-8-13/h9,11-13H,4-8,10H2,1-3H3. The third kappa shape index (κ3) is 3.66. The molecule has 0 atom stereocenters. The van der Waals surface area contributed by atoms with Gasteiger partial charge >= 0.3 is 0 Å². The van der Waals surface area contributed by atoms with Crippen LogP contribution in [0.1, 0.15) is 62.5 Å². The van der Waals surface area contributed by atoms with Crippen molar-refractivity contribution in [2.75, 3.05) is 13.6 Å². The second-order valence-electron chi connectivity index (χ2n) is 6.23. The average Bonchev–Trinajstić information content (AvgIpc) is 2.81. The monoisotopic (exact) mass is 340 g/mol. The normalized spacial score (nSPS) is 16.6. The van der Waals surface area contributed by atoms with Crippen molar-refractivity contribution < 1.29 is 4.79 Å². The molecule has 1 aliphatic carbocycles. The molecular formula is C16H25BrN2O. The molecule has 1 fully saturated rings. The number of rotatable bonds is 4. The van der Waals surface area contributed by atoms with Gasteiger partial charge in [0.15, 0.2) is 0 Å². The minimum atomic E-state index is 0.134. The fraction of sp³-hybridized carbons (Fsp3) is 0.688. The van der Waals surface area contributed by atoms with E-state index in [4.69, 9.17) is 0 Å². The Balaban J connectivity index is 2.06. The molecule has 2 rings (SSSR count). The van der Waals surface area contributed by atoms with E-state index >= 15 is 0 Å². The number of carbonyl (C=O) groups excluding carboxylic acids is 1. The van der Waals surface area contributed by atoms with Crippen LogP contribution in [0.15, 0.2) is 16.7 Å². The Morgan fingerprint density at radius 3 is 2.65 bits per heavy atom. The SMILES string of the molecule is CC(C)n1cc(Br)cc1C(=O)N(C)CC1CCCCC1. The largest absolute Gasteiger partial charge is 0.340 e. The van der Waals surface area contributed by atoms with Crippen LogP contribution in [0.4, 0.5) is 0 Å². The first kappa shape index (κ1) is 15.6. The zero-order valence-corrected chi connectivity index (χ0v) is 14.3. The first-order chi connectivity index (χ1) is 9.49. The summed E-state index contributed by atoms with van der Waals surface area (Å²) in [5, 5.41) is 0. The molecule has 0 aliphatic heterocycles. The highest BCUT2D eigenvalue weighted by atomic mass is 79.9. The number of halogens is 1. The third-order valence-corrected chi connectivity index (χ3v) is 4.63. The molecule has 1 saturated carbocycles. The van der Waals surface area contributed by atoms with Crippen molar-refractivity contribution in [3.8, 4) is 0 Å². The summed E-state index contributed by atoms with van der Waals surface area (Å²) in [7, 11) is 1.93. The van der Waals surface area contributed by atoms with E-state index in [1.54, 1.807) is 0 Å². The molecule has 0 bridgehead atoms. The lowest BCUT2D eigenvalue weighted by atomic mass is 9.89. The minimum Gasteiger partial charge on any atom is -0.340 e. The number of nitrogens with zero attached hydrogens (tertiary/aromatic N) is 2. The van der Waals surface area contributed by atoms with Gasteiger partial charge in [-0.2, -0.15) is 0 Å². The number of carbonyl (C=O) groups is 1. The van der Waals surface area contributed by atoms with Gasteiger partial charge in [0, 0.05) is 30.3 Å². The van der Waals surface area contributed by atoms with Gasteiger partial charge in [0.05, 0.1) is 0 Å². The second kappa shape index (κ2) is 6.79. The highest BCUT2D eigenvalue weighted by molar-refractivity contribution is 9.10. The van der Waals surface area contributed by atoms with Gasteiger partial charge in [0.25, 0.3) is 5.91 Å². The van der Waals surface area contributed by atoms with Crippen LogP contribution in [0.2, 0.25) is 0 Å². The molecule has 1 amide bonds. The number of aromatic nitrogens is 1. The van der Waals surface area contributed by atoms with Gasteiger partial charge in [-0.3, -0.25) is 4.79 Å². The molecule has 1 aliphatic rings. The lowest BCUT2D eigenvalue weighted by molar-refractivity contribution is 0.0748. The highest BCUT2D eigenvalue weighted by Gasteiger charge is 2.22. The smallest absolute Gasteiger partial charge is 0.270 e. The van der Waals surface area contributed by atoms with E-state index in [0.29, 0.717) is 12.0 Å². The first-order valence-corrected chi connectivity index (χ1v) is 8.41. The molecule has 3 nitrogen and oxygen atoms in total. The molecule has 1 heterocycles. The Morgan fingerprint density at radius 1 is 1.40 bits per heavy atom. The molecule has 4 heteroatoms. The number of hydrogen-bond acceptors (Lipinski definition) is 1. The van der Waals surface area contributed by atoms with E-state index in [1.807, 2.05) is 28.8 Å². The highest BCUT2D eigenvalue weighted by Crippen LogP contribution is 2.25. The number of hydrogen-bond donors (Lipinski definition) is 0. The summed E-state index contributed by atoms with van der Waals surface area (Å²) in [6.45, 7) is 5.09. The molecule has 20 heavy (non-hydrogen) atoms. The van der Waals surface area contributed by atoms with Crippen LogP contribution >= 0.6 is 15.9 Å². The Labute approximate surface area is 130 Å². The molecule has 0 N–H and O–H groups in total. The van der Waals surface area contributed by atoms with Gasteiger partial charge in [-0.05, 0) is 54.6 Å². The zero-order valence-electron chi connectivity index (χ0n) is 12.7. The molecule has 0 spiro atoms. The Hall–Kier alpha value is -0.770. The van der Waals surface area contributed by atoms with E-state index in [9.17, 15) is 4.79 Å². The van der Waals surface area contributed by atoms with E-state index in [1.165, 1.54) is 32.1 Å². The van der Waals surface area contributed by atoms with Crippen LogP contribution in [0.5, 0.6) is 0 Å². The van der Waals surface area contributed by atoms with Crippen molar-refractivity contribution in [3.05, 3.63) is 22.4 Å². The summed E-state index contributed by atoms with van der Waals surface area (Å²) in [6, 6.07) is 2.23. The van der Waals surface area contributed by atoms with Gasteiger partial charge in [-0.25, -0.2) is 0 Å². The van der Waals surface area contributed by atoms with Crippen LogP contribution in [-0.4, -0.2) is 29.0 Å². The van der Waals surface area contributed by atoms with Gasteiger partial charge in [0.1, 0.15) is 5.69 Å². The quantitative estimate of drug-likeness (QED) is 0.792. The van der Waals surface area contributed by atoms with E-state index < -0.39 is 0 Å². The number of amides is 1. The third-order valence-electron chi connectivity index (χ3n) is 4.19. The van der Waals surface area contributed by atoms with Crippen LogP contribution in [0.25, 0.3) is 0 Å². The van der Waals surface area contributed by atoms with E-state index in [-0.39, 0.29) is 5.91 Å². The fourth-order valence-electron chi connectivity index (χ4n) is 3.08. The van der Waals surface area contributed by atoms with E-state index in [2.05, 4.69) is 29.8 Å². The van der Waals surface area contributed by atoms with Crippen molar-refractivity contribution >= 4 is 21.8 Å². The lowest BCUT2D eigenvalue weighted by Crippen LogP contribution is -2.34. The summed E-state index contributed by atoms with van der Waals surface area (Å²) in [5.41, 5.74) is 0.783. The van der Waals surface area contributed by atoms with Gasteiger partial charge in [-0.1, -0.05) is 19.3 Å². The molecule has 1 aromatic heterocycles. The molecule has 1 aromatic rings. The van der Waals surface area contributed by atoms with Crippen molar-refractivity contribution in [2.45, 2.75) is 52.0 Å². The lowest BCUT2D eigenvalue weighted by Gasteiger charge is -2.27. The fourth-order valence-corrected chi connectivity index (χ4v) is 3.52. The molecular weight excluding hydrogens is 316 g/mol. The van der Waals surface area contributed by atoms with Crippen molar-refractivity contribution in [2.24, 2.45) is 5.92 Å². The van der Waals surface area contributed by atoms with Crippen LogP contribution in [0.3, 0.4) is 0 Å². The van der Waals surface area contributed by atoms with Gasteiger partial charge in [-0.15, -0.1) is 0 Å². The predicted octanol–water partition coefficient (Wildman–Crippen LogP) is 4.48. The van der Waals surface area contributed by atoms with Crippen LogP contribution in [0, 0.1) is 5.92 Å². The summed E-state index contributed by atoms with van der Waals surface area (Å²) >= 11 is 3.48. The molecule has 0 saturated heterocycles. The van der Waals surface area contributed by atoms with Crippen molar-refractivity contribution in [3.63, 3.8) is 0 Å². The Bertz CT molecular complexity index is 461. The summed E-state index contributed by atoms with van der Waals surface area (Å²) < 4.78 is 3.02. The van der Waals surface area contributed by atoms with Crippen molar-refractivity contribution in [1.29, 1.82) is 0 Å². The topological polar surface area (TPSA) is 25.2 Å². The molecule has 0 radical (unpaired) electrons. The van der Waals surface area contributed by atoms with Crippen LogP contribution < -0.4 is 0 Å². The molecule has 0 aromatic carbocycles. The van der Waals surface area contributed by atoms with Crippen molar-refractivity contribution in [1.82, 2.24) is 9.47 Å². The molecule has 112 valence electrons. The Kier molecular flexibility index (Phi) is 5.30. The maximum Gasteiger partial charge on any atom is 0.270 e. The van der Waals surface area contributed by atoms with Gasteiger partial charge < -0.3 is 9.47 Å². The van der Waals surface area contributed by atoms with Gasteiger partial charge in [0.2, 0.25) is 0 Å². The summed E-state index contributed by atoms with van der Waals surface area (Å²) in [4.78, 5) is 14.5. The zero-order chi connectivity index (χ0) is 14.7. The average molecular weight is 341 g/mol. The first-order valence-electron chi connectivity index (χ1n) is 7.62. The summed E-state index contributed by atoms with van der Waals surface area (Å²) in [5.74, 6) is 0.818. The Morgan fingerprint density at radius 2 is 2.05 bits per heavy atom. The maximum atomic E-state index is 12.6. The van der Waals surface area contributed by atoms with Crippen LogP contribution in [-0.2, 0) is 0 Å². The van der Waals surface area contributed by atoms with E-state index in [0.717, 1.165) is 16.7 Å². The molecule has 0 unspecified atom stereocenters. The second-order valence-corrected chi connectivity index (χ2v) is 7.15. The minimum absolute atomic E-state index is 0.134. The maximum absolute atomic E-state index is 12.6. The predicted molar refractivity (Wildman–Crippen MR) is 86.1 cm³/mol.